The Morgan fingerprint density at radius 1 is 1.26 bits per heavy atom. The number of rotatable bonds is 6. The molecule has 1 aliphatic rings. The van der Waals surface area contributed by atoms with Gasteiger partial charge in [-0.3, -0.25) is 0 Å². The van der Waals surface area contributed by atoms with Crippen LogP contribution >= 0.6 is 0 Å². The number of benzene rings is 1. The fourth-order valence-corrected chi connectivity index (χ4v) is 3.85. The van der Waals surface area contributed by atoms with Crippen LogP contribution in [0.15, 0.2) is 41.2 Å². The zero-order valence-corrected chi connectivity index (χ0v) is 15.5. The fraction of sp³-hybridized carbons (Fsp3) is 0.450. The normalized spacial score (nSPS) is 20.1. The zero-order valence-electron chi connectivity index (χ0n) is 15.5. The number of hydrogen-bond donors (Lipinski definition) is 1. The third-order valence-electron chi connectivity index (χ3n) is 5.36. The molecular formula is C20H24N4O3. The lowest BCUT2D eigenvalue weighted by atomic mass is 9.78. The molecule has 1 N–H and O–H groups in total. The van der Waals surface area contributed by atoms with E-state index in [1.165, 1.54) is 6.33 Å². The first-order valence-electron chi connectivity index (χ1n) is 9.31. The second-order valence-electron chi connectivity index (χ2n) is 7.24. The number of nitrogens with zero attached hydrogens (tertiary/aromatic N) is 4. The van der Waals surface area contributed by atoms with Gasteiger partial charge in [0.1, 0.15) is 23.3 Å². The smallest absolute Gasteiger partial charge is 0.263 e. The predicted molar refractivity (Wildman–Crippen MR) is 102 cm³/mol. The predicted octanol–water partition coefficient (Wildman–Crippen LogP) is 2.97. The van der Waals surface area contributed by atoms with Crippen LogP contribution in [0.25, 0.3) is 11.1 Å². The van der Waals surface area contributed by atoms with Gasteiger partial charge in [0.2, 0.25) is 0 Å². The van der Waals surface area contributed by atoms with Crippen LogP contribution in [0.2, 0.25) is 0 Å². The van der Waals surface area contributed by atoms with Crippen LogP contribution in [0, 0.1) is 12.3 Å². The Balaban J connectivity index is 1.50. The van der Waals surface area contributed by atoms with Crippen LogP contribution < -0.4 is 9.64 Å². The van der Waals surface area contributed by atoms with Gasteiger partial charge < -0.3 is 19.3 Å². The molecule has 0 aliphatic carbocycles. The molecule has 142 valence electrons. The average molecular weight is 368 g/mol. The first-order chi connectivity index (χ1) is 13.2. The van der Waals surface area contributed by atoms with Crippen molar-refractivity contribution < 1.29 is 14.4 Å². The van der Waals surface area contributed by atoms with Crippen molar-refractivity contribution in [1.82, 2.24) is 15.1 Å². The van der Waals surface area contributed by atoms with E-state index in [2.05, 4.69) is 20.0 Å². The maximum Gasteiger partial charge on any atom is 0.263 e. The van der Waals surface area contributed by atoms with Gasteiger partial charge in [0.15, 0.2) is 0 Å². The molecule has 1 atom stereocenters. The molecule has 3 aromatic rings. The van der Waals surface area contributed by atoms with E-state index in [1.54, 1.807) is 0 Å². The third-order valence-corrected chi connectivity index (χ3v) is 5.36. The minimum absolute atomic E-state index is 0.124. The number of aromatic nitrogens is 3. The summed E-state index contributed by atoms with van der Waals surface area (Å²) in [4.78, 5) is 10.9. The second-order valence-corrected chi connectivity index (χ2v) is 7.24. The molecule has 0 bridgehead atoms. The molecule has 2 aromatic heterocycles. The number of hydrogen-bond acceptors (Lipinski definition) is 7. The van der Waals surface area contributed by atoms with Crippen LogP contribution in [-0.2, 0) is 0 Å². The molecular weight excluding hydrogens is 344 g/mol. The summed E-state index contributed by atoms with van der Waals surface area (Å²) in [5.74, 6) is 1.69. The van der Waals surface area contributed by atoms with Gasteiger partial charge in [0.25, 0.3) is 5.71 Å². The number of aliphatic hydroxyl groups excluding tert-OH is 1. The molecule has 0 amide bonds. The van der Waals surface area contributed by atoms with Crippen molar-refractivity contribution in [2.24, 2.45) is 5.41 Å². The fourth-order valence-electron chi connectivity index (χ4n) is 3.85. The highest BCUT2D eigenvalue weighted by Gasteiger charge is 2.36. The maximum atomic E-state index is 10.2. The lowest BCUT2D eigenvalue weighted by molar-refractivity contribution is 0.0793. The number of para-hydroxylation sites is 1. The highest BCUT2D eigenvalue weighted by Crippen LogP contribution is 2.37. The molecule has 1 saturated heterocycles. The standard InChI is InChI=1S/C20H24N4O3/c1-15-17-18(21-14-22-19(17)27-23-15)24-10-5-8-20(12-24,13-25)9-11-26-16-6-3-2-4-7-16/h2-4,6-7,14,25H,5,8-13H2,1H3. The molecule has 7 heteroatoms. The lowest BCUT2D eigenvalue weighted by Gasteiger charge is -2.42. The largest absolute Gasteiger partial charge is 0.494 e. The van der Waals surface area contributed by atoms with E-state index in [9.17, 15) is 5.11 Å². The van der Waals surface area contributed by atoms with E-state index < -0.39 is 0 Å². The van der Waals surface area contributed by atoms with Crippen molar-refractivity contribution in [2.45, 2.75) is 26.2 Å². The van der Waals surface area contributed by atoms with Gasteiger partial charge in [-0.2, -0.15) is 4.98 Å². The number of aliphatic hydroxyl groups is 1. The molecule has 27 heavy (non-hydrogen) atoms. The summed E-state index contributed by atoms with van der Waals surface area (Å²) in [5.41, 5.74) is 1.08. The van der Waals surface area contributed by atoms with Gasteiger partial charge in [0.05, 0.1) is 18.9 Å². The van der Waals surface area contributed by atoms with Crippen LogP contribution in [0.3, 0.4) is 0 Å². The average Bonchev–Trinajstić information content (AvgIpc) is 3.10. The van der Waals surface area contributed by atoms with E-state index in [1.807, 2.05) is 37.3 Å². The first kappa shape index (κ1) is 17.7. The molecule has 0 radical (unpaired) electrons. The van der Waals surface area contributed by atoms with E-state index >= 15 is 0 Å². The Labute approximate surface area is 158 Å². The van der Waals surface area contributed by atoms with Crippen LogP contribution in [0.5, 0.6) is 5.75 Å². The van der Waals surface area contributed by atoms with Crippen LogP contribution in [0.1, 0.15) is 25.0 Å². The summed E-state index contributed by atoms with van der Waals surface area (Å²) in [7, 11) is 0. The Morgan fingerprint density at radius 3 is 2.93 bits per heavy atom. The highest BCUT2D eigenvalue weighted by atomic mass is 16.5. The molecule has 1 unspecified atom stereocenters. The van der Waals surface area contributed by atoms with Crippen molar-refractivity contribution in [2.75, 3.05) is 31.2 Å². The van der Waals surface area contributed by atoms with Gasteiger partial charge in [-0.05, 0) is 38.3 Å². The van der Waals surface area contributed by atoms with Gasteiger partial charge in [0, 0.05) is 18.5 Å². The molecule has 3 heterocycles. The Bertz CT molecular complexity index is 899. The monoisotopic (exact) mass is 368 g/mol. The van der Waals surface area contributed by atoms with Gasteiger partial charge in [-0.25, -0.2) is 4.98 Å². The summed E-state index contributed by atoms with van der Waals surface area (Å²) in [6, 6.07) is 9.79. The quantitative estimate of drug-likeness (QED) is 0.716. The van der Waals surface area contributed by atoms with Crippen molar-refractivity contribution in [3.63, 3.8) is 0 Å². The Kier molecular flexibility index (Phi) is 4.94. The zero-order chi connectivity index (χ0) is 18.7. The number of fused-ring (bicyclic) bond motifs is 1. The molecule has 1 aliphatic heterocycles. The Morgan fingerprint density at radius 2 is 2.11 bits per heavy atom. The number of piperidine rings is 1. The summed E-state index contributed by atoms with van der Waals surface area (Å²) in [5, 5.41) is 15.1. The van der Waals surface area contributed by atoms with Crippen LogP contribution in [0.4, 0.5) is 5.82 Å². The number of anilines is 1. The second kappa shape index (κ2) is 7.52. The minimum atomic E-state index is -0.213. The van der Waals surface area contributed by atoms with E-state index in [-0.39, 0.29) is 12.0 Å². The number of ether oxygens (including phenoxy) is 1. The summed E-state index contributed by atoms with van der Waals surface area (Å²) >= 11 is 0. The van der Waals surface area contributed by atoms with Gasteiger partial charge in [-0.1, -0.05) is 23.4 Å². The lowest BCUT2D eigenvalue weighted by Crippen LogP contribution is -2.46. The first-order valence-corrected chi connectivity index (χ1v) is 9.31. The van der Waals surface area contributed by atoms with Crippen LogP contribution in [-0.4, -0.2) is 46.5 Å². The molecule has 1 aromatic carbocycles. The highest BCUT2D eigenvalue weighted by molar-refractivity contribution is 5.87. The molecule has 0 spiro atoms. The summed E-state index contributed by atoms with van der Waals surface area (Å²) < 4.78 is 11.1. The SMILES string of the molecule is Cc1noc2ncnc(N3CCCC(CO)(CCOc4ccccc4)C3)c12. The topological polar surface area (TPSA) is 84.5 Å². The molecule has 4 rings (SSSR count). The van der Waals surface area contributed by atoms with Crippen molar-refractivity contribution in [3.8, 4) is 5.75 Å². The van der Waals surface area contributed by atoms with E-state index in [0.29, 0.717) is 12.3 Å². The molecule has 1 fully saturated rings. The van der Waals surface area contributed by atoms with Crippen molar-refractivity contribution >= 4 is 16.9 Å². The van der Waals surface area contributed by atoms with Gasteiger partial charge >= 0.3 is 0 Å². The van der Waals surface area contributed by atoms with Crippen molar-refractivity contribution in [1.29, 1.82) is 0 Å². The molecule has 7 nitrogen and oxygen atoms in total. The van der Waals surface area contributed by atoms with Crippen molar-refractivity contribution in [3.05, 3.63) is 42.4 Å². The maximum absolute atomic E-state index is 10.2. The van der Waals surface area contributed by atoms with E-state index in [0.717, 1.165) is 55.0 Å². The Hall–Kier alpha value is -2.67. The summed E-state index contributed by atoms with van der Waals surface area (Å²) in [6.45, 7) is 4.20. The minimum Gasteiger partial charge on any atom is -0.494 e. The summed E-state index contributed by atoms with van der Waals surface area (Å²) in [6.07, 6.45) is 4.25. The third kappa shape index (κ3) is 3.60. The molecule has 0 saturated carbocycles. The van der Waals surface area contributed by atoms with Gasteiger partial charge in [-0.15, -0.1) is 0 Å². The van der Waals surface area contributed by atoms with E-state index in [4.69, 9.17) is 9.26 Å². The number of aryl methyl sites for hydroxylation is 1.